The highest BCUT2D eigenvalue weighted by Gasteiger charge is 2.23. The van der Waals surface area contributed by atoms with E-state index in [2.05, 4.69) is 0 Å². The minimum Gasteiger partial charge on any atom is -0.368 e. The Bertz CT molecular complexity index is 477. The Hall–Kier alpha value is -1.62. The first-order valence-corrected chi connectivity index (χ1v) is 5.75. The fourth-order valence-electron chi connectivity index (χ4n) is 1.47. The van der Waals surface area contributed by atoms with E-state index in [-0.39, 0.29) is 23.2 Å². The molecule has 2 N–H and O–H groups in total. The third-order valence-electron chi connectivity index (χ3n) is 2.37. The molecule has 1 aromatic carbocycles. The standard InChI is InChI=1S/C12H14ClFN2O2/c1-7(2)16(6-11(15)17)12(18)9-5-8(13)3-4-10(9)14/h3-5,7H,6H2,1-2H3,(H2,15,17). The summed E-state index contributed by atoms with van der Waals surface area (Å²) in [5.74, 6) is -1.94. The molecule has 6 heteroatoms. The van der Waals surface area contributed by atoms with Crippen molar-refractivity contribution in [3.8, 4) is 0 Å². The van der Waals surface area contributed by atoms with Crippen molar-refractivity contribution < 1.29 is 14.0 Å². The summed E-state index contributed by atoms with van der Waals surface area (Å²) >= 11 is 5.72. The normalized spacial score (nSPS) is 10.5. The van der Waals surface area contributed by atoms with E-state index in [1.165, 1.54) is 17.0 Å². The van der Waals surface area contributed by atoms with Gasteiger partial charge in [0.05, 0.1) is 12.1 Å². The summed E-state index contributed by atoms with van der Waals surface area (Å²) in [5.41, 5.74) is 4.89. The van der Waals surface area contributed by atoms with E-state index in [0.29, 0.717) is 0 Å². The molecular weight excluding hydrogens is 259 g/mol. The summed E-state index contributed by atoms with van der Waals surface area (Å²) in [6.45, 7) is 3.16. The summed E-state index contributed by atoms with van der Waals surface area (Å²) < 4.78 is 13.6. The Morgan fingerprint density at radius 3 is 2.56 bits per heavy atom. The van der Waals surface area contributed by atoms with Crippen LogP contribution in [-0.4, -0.2) is 29.3 Å². The maximum Gasteiger partial charge on any atom is 0.257 e. The molecule has 0 aliphatic rings. The van der Waals surface area contributed by atoms with Gasteiger partial charge >= 0.3 is 0 Å². The lowest BCUT2D eigenvalue weighted by Gasteiger charge is -2.25. The van der Waals surface area contributed by atoms with Crippen LogP contribution in [0.4, 0.5) is 4.39 Å². The molecule has 0 radical (unpaired) electrons. The second kappa shape index (κ2) is 5.82. The molecule has 1 rings (SSSR count). The molecule has 0 atom stereocenters. The van der Waals surface area contributed by atoms with Gasteiger partial charge in [0.15, 0.2) is 0 Å². The Kier molecular flexibility index (Phi) is 4.67. The van der Waals surface area contributed by atoms with E-state index in [1.807, 2.05) is 0 Å². The summed E-state index contributed by atoms with van der Waals surface area (Å²) in [5, 5.41) is 0.252. The van der Waals surface area contributed by atoms with Gasteiger partial charge in [-0.25, -0.2) is 4.39 Å². The van der Waals surface area contributed by atoms with Crippen LogP contribution in [0.1, 0.15) is 24.2 Å². The van der Waals surface area contributed by atoms with E-state index in [0.717, 1.165) is 6.07 Å². The first-order chi connectivity index (χ1) is 8.32. The lowest BCUT2D eigenvalue weighted by molar-refractivity contribution is -0.119. The van der Waals surface area contributed by atoms with Crippen LogP contribution in [0.5, 0.6) is 0 Å². The molecule has 0 heterocycles. The molecule has 18 heavy (non-hydrogen) atoms. The zero-order chi connectivity index (χ0) is 13.9. The second-order valence-electron chi connectivity index (χ2n) is 4.12. The molecule has 0 unspecified atom stereocenters. The second-order valence-corrected chi connectivity index (χ2v) is 4.55. The van der Waals surface area contributed by atoms with Crippen molar-refractivity contribution in [1.82, 2.24) is 4.90 Å². The first-order valence-electron chi connectivity index (χ1n) is 5.37. The maximum atomic E-state index is 13.6. The lowest BCUT2D eigenvalue weighted by atomic mass is 10.1. The van der Waals surface area contributed by atoms with Gasteiger partial charge in [-0.15, -0.1) is 0 Å². The highest BCUT2D eigenvalue weighted by atomic mass is 35.5. The number of benzene rings is 1. The number of halogens is 2. The number of primary amides is 1. The van der Waals surface area contributed by atoms with Crippen LogP contribution in [0.25, 0.3) is 0 Å². The number of nitrogens with zero attached hydrogens (tertiary/aromatic N) is 1. The van der Waals surface area contributed by atoms with Crippen LogP contribution in [0, 0.1) is 5.82 Å². The van der Waals surface area contributed by atoms with Crippen LogP contribution in [0.2, 0.25) is 5.02 Å². The van der Waals surface area contributed by atoms with Crippen LogP contribution in [0.15, 0.2) is 18.2 Å². The topological polar surface area (TPSA) is 63.4 Å². The van der Waals surface area contributed by atoms with Gasteiger partial charge in [-0.2, -0.15) is 0 Å². The molecule has 4 nitrogen and oxygen atoms in total. The minimum atomic E-state index is -0.681. The number of hydrogen-bond acceptors (Lipinski definition) is 2. The Balaban J connectivity index is 3.09. The van der Waals surface area contributed by atoms with Gasteiger partial charge in [-0.3, -0.25) is 9.59 Å². The smallest absolute Gasteiger partial charge is 0.257 e. The van der Waals surface area contributed by atoms with Crippen molar-refractivity contribution in [2.45, 2.75) is 19.9 Å². The SMILES string of the molecule is CC(C)N(CC(N)=O)C(=O)c1cc(Cl)ccc1F. The van der Waals surface area contributed by atoms with E-state index in [4.69, 9.17) is 17.3 Å². The number of carbonyl (C=O) groups excluding carboxylic acids is 2. The average Bonchev–Trinajstić information content (AvgIpc) is 2.27. The van der Waals surface area contributed by atoms with Gasteiger partial charge in [0.25, 0.3) is 5.91 Å². The minimum absolute atomic E-state index is 0.169. The highest BCUT2D eigenvalue weighted by molar-refractivity contribution is 6.31. The fourth-order valence-corrected chi connectivity index (χ4v) is 1.64. The number of hydrogen-bond donors (Lipinski definition) is 1. The molecule has 2 amide bonds. The van der Waals surface area contributed by atoms with Crippen molar-refractivity contribution in [2.75, 3.05) is 6.54 Å². The van der Waals surface area contributed by atoms with Crippen molar-refractivity contribution in [3.63, 3.8) is 0 Å². The summed E-state index contributed by atoms with van der Waals surface area (Å²) in [6.07, 6.45) is 0. The molecule has 0 aliphatic heterocycles. The number of nitrogens with two attached hydrogens (primary N) is 1. The monoisotopic (exact) mass is 272 g/mol. The van der Waals surface area contributed by atoms with E-state index < -0.39 is 17.6 Å². The predicted octanol–water partition coefficient (Wildman–Crippen LogP) is 1.81. The van der Waals surface area contributed by atoms with Gasteiger partial charge in [-0.05, 0) is 32.0 Å². The van der Waals surface area contributed by atoms with Gasteiger partial charge < -0.3 is 10.6 Å². The number of amides is 2. The van der Waals surface area contributed by atoms with Crippen molar-refractivity contribution >= 4 is 23.4 Å². The average molecular weight is 273 g/mol. The Labute approximate surface area is 110 Å². The Morgan fingerprint density at radius 1 is 1.44 bits per heavy atom. The third kappa shape index (κ3) is 3.43. The fraction of sp³-hybridized carbons (Fsp3) is 0.333. The molecule has 0 fully saturated rings. The number of carbonyl (C=O) groups is 2. The summed E-state index contributed by atoms with van der Waals surface area (Å²) in [4.78, 5) is 24.2. The van der Waals surface area contributed by atoms with E-state index >= 15 is 0 Å². The lowest BCUT2D eigenvalue weighted by Crippen LogP contribution is -2.43. The van der Waals surface area contributed by atoms with Gasteiger partial charge in [0.1, 0.15) is 5.82 Å². The molecule has 0 aliphatic carbocycles. The first kappa shape index (κ1) is 14.4. The third-order valence-corrected chi connectivity index (χ3v) is 2.60. The van der Waals surface area contributed by atoms with E-state index in [1.54, 1.807) is 13.8 Å². The van der Waals surface area contributed by atoms with Gasteiger partial charge in [0, 0.05) is 11.1 Å². The molecule has 0 spiro atoms. The van der Waals surface area contributed by atoms with Gasteiger partial charge in [0.2, 0.25) is 5.91 Å². The maximum absolute atomic E-state index is 13.6. The van der Waals surface area contributed by atoms with Crippen LogP contribution in [-0.2, 0) is 4.79 Å². The van der Waals surface area contributed by atoms with Crippen LogP contribution >= 0.6 is 11.6 Å². The molecule has 0 saturated heterocycles. The van der Waals surface area contributed by atoms with Crippen molar-refractivity contribution in [2.24, 2.45) is 5.73 Å². The zero-order valence-corrected chi connectivity index (χ0v) is 10.9. The van der Waals surface area contributed by atoms with Gasteiger partial charge in [-0.1, -0.05) is 11.6 Å². The van der Waals surface area contributed by atoms with E-state index in [9.17, 15) is 14.0 Å². The largest absolute Gasteiger partial charge is 0.368 e. The van der Waals surface area contributed by atoms with Crippen LogP contribution < -0.4 is 5.73 Å². The predicted molar refractivity (Wildman–Crippen MR) is 66.8 cm³/mol. The quantitative estimate of drug-likeness (QED) is 0.909. The summed E-state index contributed by atoms with van der Waals surface area (Å²) in [6, 6.07) is 3.42. The molecule has 0 bridgehead atoms. The zero-order valence-electron chi connectivity index (χ0n) is 10.1. The number of rotatable bonds is 4. The molecule has 0 saturated carbocycles. The molecule has 1 aromatic rings. The molecular formula is C12H14ClFN2O2. The summed E-state index contributed by atoms with van der Waals surface area (Å²) in [7, 11) is 0. The molecule has 0 aromatic heterocycles. The Morgan fingerprint density at radius 2 is 2.06 bits per heavy atom. The highest BCUT2D eigenvalue weighted by Crippen LogP contribution is 2.17. The van der Waals surface area contributed by atoms with Crippen LogP contribution in [0.3, 0.4) is 0 Å². The molecule has 98 valence electrons. The van der Waals surface area contributed by atoms with Crippen molar-refractivity contribution in [3.05, 3.63) is 34.6 Å². The van der Waals surface area contributed by atoms with Crippen molar-refractivity contribution in [1.29, 1.82) is 0 Å².